The Hall–Kier alpha value is 0.0600. The van der Waals surface area contributed by atoms with Gasteiger partial charge in [-0.05, 0) is 40.3 Å². The highest BCUT2D eigenvalue weighted by Gasteiger charge is 1.96. The topological polar surface area (TPSA) is 37.3 Å². The maximum Gasteiger partial charge on any atom is 0.157 e. The predicted octanol–water partition coefficient (Wildman–Crippen LogP) is 2.01. The van der Waals surface area contributed by atoms with E-state index in [1.807, 2.05) is 24.3 Å². The Bertz CT molecular complexity index is 275. The van der Waals surface area contributed by atoms with E-state index in [9.17, 15) is 4.21 Å². The molecule has 1 N–H and O–H groups in total. The zero-order valence-electron chi connectivity index (χ0n) is 5.66. The maximum absolute atomic E-state index is 10.4. The summed E-state index contributed by atoms with van der Waals surface area (Å²) in [6.07, 6.45) is 0. The van der Waals surface area contributed by atoms with E-state index in [2.05, 4.69) is 22.6 Å². The molecule has 1 aromatic carbocycles. The van der Waals surface area contributed by atoms with Crippen molar-refractivity contribution in [1.29, 1.82) is 0 Å². The molecule has 0 aliphatic carbocycles. The van der Waals surface area contributed by atoms with Crippen molar-refractivity contribution in [2.45, 2.75) is 5.75 Å². The second-order valence-electron chi connectivity index (χ2n) is 2.10. The average molecular weight is 282 g/mol. The molecule has 0 bridgehead atoms. The maximum atomic E-state index is 10.4. The molecule has 11 heavy (non-hydrogen) atoms. The second-order valence-corrected chi connectivity index (χ2v) is 4.27. The lowest BCUT2D eigenvalue weighted by molar-refractivity contribution is 0.563. The summed E-state index contributed by atoms with van der Waals surface area (Å²) >= 11 is 0.443. The lowest BCUT2D eigenvalue weighted by Crippen LogP contribution is -1.92. The lowest BCUT2D eigenvalue weighted by atomic mass is 10.2. The van der Waals surface area contributed by atoms with Crippen molar-refractivity contribution >= 4 is 33.7 Å². The molecule has 0 saturated heterocycles. The van der Waals surface area contributed by atoms with Crippen molar-refractivity contribution in [3.8, 4) is 0 Å². The van der Waals surface area contributed by atoms with Crippen LogP contribution in [0.1, 0.15) is 5.56 Å². The molecule has 0 aromatic heterocycles. The van der Waals surface area contributed by atoms with E-state index >= 15 is 0 Å². The van der Waals surface area contributed by atoms with Crippen LogP contribution in [0.15, 0.2) is 24.3 Å². The Kier molecular flexibility index (Phi) is 3.47. The van der Waals surface area contributed by atoms with E-state index in [0.29, 0.717) is 0 Å². The van der Waals surface area contributed by atoms with Gasteiger partial charge in [0.05, 0.1) is 5.75 Å². The first kappa shape index (κ1) is 9.15. The molecule has 60 valence electrons. The fourth-order valence-electron chi connectivity index (χ4n) is 0.769. The minimum absolute atomic E-state index is 0.219. The number of benzene rings is 1. The van der Waals surface area contributed by atoms with Gasteiger partial charge in [-0.1, -0.05) is 12.1 Å². The molecule has 0 aliphatic heterocycles. The van der Waals surface area contributed by atoms with Crippen molar-refractivity contribution < 1.29 is 8.76 Å². The Morgan fingerprint density at radius 3 is 2.82 bits per heavy atom. The van der Waals surface area contributed by atoms with E-state index in [1.165, 1.54) is 0 Å². The first-order valence-corrected chi connectivity index (χ1v) is 5.36. The molecular weight excluding hydrogens is 275 g/mol. The summed E-state index contributed by atoms with van der Waals surface area (Å²) in [5.41, 5.74) is 0.901. The number of hydrogen-bond donors (Lipinski definition) is 1. The van der Waals surface area contributed by atoms with Crippen LogP contribution in [0.25, 0.3) is 0 Å². The van der Waals surface area contributed by atoms with Gasteiger partial charge in [-0.2, -0.15) is 0 Å². The minimum atomic E-state index is -1.73. The molecule has 0 saturated carbocycles. The Morgan fingerprint density at radius 2 is 2.27 bits per heavy atom. The van der Waals surface area contributed by atoms with Crippen molar-refractivity contribution in [2.75, 3.05) is 0 Å². The third-order valence-corrected chi connectivity index (χ3v) is 2.43. The van der Waals surface area contributed by atoms with Crippen molar-refractivity contribution in [3.63, 3.8) is 0 Å². The van der Waals surface area contributed by atoms with E-state index in [-0.39, 0.29) is 5.75 Å². The first-order chi connectivity index (χ1) is 5.18. The molecule has 0 heterocycles. The van der Waals surface area contributed by atoms with Gasteiger partial charge in [0.2, 0.25) is 0 Å². The van der Waals surface area contributed by atoms with Crippen LogP contribution < -0.4 is 0 Å². The zero-order chi connectivity index (χ0) is 8.27. The van der Waals surface area contributed by atoms with Crippen LogP contribution in [0.5, 0.6) is 0 Å². The molecule has 1 unspecified atom stereocenters. The molecule has 4 heteroatoms. The second kappa shape index (κ2) is 4.18. The van der Waals surface area contributed by atoms with E-state index in [4.69, 9.17) is 4.55 Å². The summed E-state index contributed by atoms with van der Waals surface area (Å²) in [7, 11) is 0. The smallest absolute Gasteiger partial charge is 0.157 e. The predicted molar refractivity (Wildman–Crippen MR) is 53.6 cm³/mol. The summed E-state index contributed by atoms with van der Waals surface area (Å²) in [5, 5.41) is 0. The summed E-state index contributed by atoms with van der Waals surface area (Å²) in [6.45, 7) is 0. The van der Waals surface area contributed by atoms with Crippen molar-refractivity contribution in [3.05, 3.63) is 33.4 Å². The quantitative estimate of drug-likeness (QED) is 0.665. The van der Waals surface area contributed by atoms with Crippen LogP contribution in [0.3, 0.4) is 0 Å². The molecule has 1 aromatic rings. The Morgan fingerprint density at radius 1 is 1.55 bits per heavy atom. The Balaban J connectivity index is 2.79. The number of rotatable bonds is 2. The van der Waals surface area contributed by atoms with Crippen LogP contribution in [-0.2, 0) is 16.8 Å². The van der Waals surface area contributed by atoms with Crippen molar-refractivity contribution in [1.82, 2.24) is 0 Å². The third-order valence-electron chi connectivity index (χ3n) is 1.18. The van der Waals surface area contributed by atoms with E-state index < -0.39 is 11.1 Å². The number of hydrogen-bond acceptors (Lipinski definition) is 1. The number of halogens is 1. The normalized spacial score (nSPS) is 12.9. The first-order valence-electron chi connectivity index (χ1n) is 3.00. The monoisotopic (exact) mass is 282 g/mol. The molecule has 1 atom stereocenters. The van der Waals surface area contributed by atoms with Crippen LogP contribution in [0.4, 0.5) is 0 Å². The highest BCUT2D eigenvalue weighted by Crippen LogP contribution is 2.08. The minimum Gasteiger partial charge on any atom is -0.306 e. The average Bonchev–Trinajstić information content (AvgIpc) is 1.85. The lowest BCUT2D eigenvalue weighted by Gasteiger charge is -1.96. The highest BCUT2D eigenvalue weighted by atomic mass is 127. The van der Waals surface area contributed by atoms with E-state index in [1.54, 1.807) is 0 Å². The molecule has 2 nitrogen and oxygen atoms in total. The molecule has 0 amide bonds. The summed E-state index contributed by atoms with van der Waals surface area (Å²) in [6, 6.07) is 7.57. The van der Waals surface area contributed by atoms with Crippen LogP contribution in [0.2, 0.25) is 0 Å². The summed E-state index contributed by atoms with van der Waals surface area (Å²) in [4.78, 5) is 0. The largest absolute Gasteiger partial charge is 0.306 e. The molecule has 0 aliphatic rings. The third kappa shape index (κ3) is 3.31. The molecular formula is C7H7IO2S. The molecule has 1 rings (SSSR count). The van der Waals surface area contributed by atoms with Gasteiger partial charge in [0.1, 0.15) is 0 Å². The fraction of sp³-hybridized carbons (Fsp3) is 0.143. The fourth-order valence-corrected chi connectivity index (χ4v) is 1.84. The van der Waals surface area contributed by atoms with Gasteiger partial charge < -0.3 is 4.55 Å². The zero-order valence-corrected chi connectivity index (χ0v) is 8.63. The van der Waals surface area contributed by atoms with E-state index in [0.717, 1.165) is 9.13 Å². The van der Waals surface area contributed by atoms with Gasteiger partial charge in [0.15, 0.2) is 11.1 Å². The highest BCUT2D eigenvalue weighted by molar-refractivity contribution is 14.1. The summed E-state index contributed by atoms with van der Waals surface area (Å²) in [5.74, 6) is 0.219. The molecule has 0 spiro atoms. The van der Waals surface area contributed by atoms with Gasteiger partial charge in [0.25, 0.3) is 0 Å². The van der Waals surface area contributed by atoms with Crippen molar-refractivity contribution in [2.24, 2.45) is 0 Å². The summed E-state index contributed by atoms with van der Waals surface area (Å²) < 4.78 is 20.0. The van der Waals surface area contributed by atoms with Gasteiger partial charge in [-0.3, -0.25) is 0 Å². The standard InChI is InChI=1S/C7H7IO2S/c8-7-3-1-2-6(4-7)5-11(9)10/h1-4H,5H2,(H,9,10). The SMILES string of the molecule is O=S(O)Cc1cccc(I)c1. The molecule has 0 fully saturated rings. The van der Waals surface area contributed by atoms with Crippen LogP contribution in [0, 0.1) is 3.57 Å². The van der Waals surface area contributed by atoms with Gasteiger partial charge in [-0.15, -0.1) is 0 Å². The van der Waals surface area contributed by atoms with Crippen LogP contribution in [-0.4, -0.2) is 8.76 Å². The van der Waals surface area contributed by atoms with Gasteiger partial charge in [-0.25, -0.2) is 4.21 Å². The van der Waals surface area contributed by atoms with Gasteiger partial charge >= 0.3 is 0 Å². The van der Waals surface area contributed by atoms with Gasteiger partial charge in [0, 0.05) is 3.57 Å². The Labute approximate surface area is 81.4 Å². The van der Waals surface area contributed by atoms with Crippen LogP contribution >= 0.6 is 22.6 Å². The molecule has 0 radical (unpaired) electrons.